The van der Waals surface area contributed by atoms with Crippen molar-refractivity contribution in [1.82, 2.24) is 19.5 Å². The molecule has 0 aliphatic carbocycles. The molecule has 0 amide bonds. The van der Waals surface area contributed by atoms with E-state index in [9.17, 15) is 4.39 Å². The molecule has 4 atom stereocenters. The van der Waals surface area contributed by atoms with Crippen molar-refractivity contribution in [1.29, 1.82) is 0 Å². The molecule has 2 aliphatic rings. The van der Waals surface area contributed by atoms with Crippen molar-refractivity contribution in [3.8, 4) is 11.1 Å². The number of imidazole rings is 1. The number of halogens is 1. The van der Waals surface area contributed by atoms with Gasteiger partial charge in [-0.25, -0.2) is 19.3 Å². The lowest BCUT2D eigenvalue weighted by Crippen LogP contribution is -2.31. The van der Waals surface area contributed by atoms with Gasteiger partial charge in [0.05, 0.1) is 19.5 Å². The molecule has 7 rings (SSSR count). The maximum Gasteiger partial charge on any atom is 0.167 e. The van der Waals surface area contributed by atoms with E-state index < -0.39 is 6.23 Å². The predicted molar refractivity (Wildman–Crippen MR) is 154 cm³/mol. The molecule has 0 N–H and O–H groups in total. The van der Waals surface area contributed by atoms with Gasteiger partial charge in [-0.15, -0.1) is 0 Å². The van der Waals surface area contributed by atoms with Crippen LogP contribution >= 0.6 is 0 Å². The average molecular weight is 568 g/mol. The van der Waals surface area contributed by atoms with Crippen molar-refractivity contribution in [3.63, 3.8) is 0 Å². The van der Waals surface area contributed by atoms with Gasteiger partial charge in [0.25, 0.3) is 0 Å². The first kappa shape index (κ1) is 26.7. The fourth-order valence-electron chi connectivity index (χ4n) is 5.65. The van der Waals surface area contributed by atoms with Crippen LogP contribution in [-0.2, 0) is 32.1 Å². The Kier molecular flexibility index (Phi) is 7.35. The van der Waals surface area contributed by atoms with E-state index in [4.69, 9.17) is 18.9 Å². The Labute approximate surface area is 242 Å². The largest absolute Gasteiger partial charge is 0.374 e. The van der Waals surface area contributed by atoms with Crippen LogP contribution in [0.15, 0.2) is 91.5 Å². The van der Waals surface area contributed by atoms with Crippen molar-refractivity contribution in [2.45, 2.75) is 37.7 Å². The Bertz CT molecular complexity index is 1670. The van der Waals surface area contributed by atoms with Crippen molar-refractivity contribution in [2.75, 3.05) is 25.3 Å². The Morgan fingerprint density at radius 1 is 0.905 bits per heavy atom. The molecule has 2 aromatic heterocycles. The maximum atomic E-state index is 13.7. The summed E-state index contributed by atoms with van der Waals surface area (Å²) in [5, 5.41) is 0. The number of aromatic nitrogens is 4. The van der Waals surface area contributed by atoms with E-state index >= 15 is 0 Å². The smallest absolute Gasteiger partial charge is 0.167 e. The Balaban J connectivity index is 1.03. The summed E-state index contributed by atoms with van der Waals surface area (Å²) in [7, 11) is 1.89. The topological polar surface area (TPSA) is 83.8 Å². The molecule has 4 heterocycles. The number of rotatable bonds is 9. The minimum Gasteiger partial charge on any atom is -0.374 e. The molecular weight excluding hydrogens is 537 g/mol. The summed E-state index contributed by atoms with van der Waals surface area (Å²) in [5.41, 5.74) is 5.50. The first-order valence-electron chi connectivity index (χ1n) is 13.9. The number of hydrogen-bond donors (Lipinski definition) is 0. The van der Waals surface area contributed by atoms with Gasteiger partial charge in [-0.3, -0.25) is 4.57 Å². The molecule has 42 heavy (non-hydrogen) atoms. The monoisotopic (exact) mass is 567 g/mol. The van der Waals surface area contributed by atoms with E-state index in [1.807, 2.05) is 40.8 Å². The summed E-state index contributed by atoms with van der Waals surface area (Å²) in [6.07, 6.45) is 1.78. The molecule has 9 nitrogen and oxygen atoms in total. The third-order valence-corrected chi connectivity index (χ3v) is 7.70. The number of benzene rings is 3. The van der Waals surface area contributed by atoms with E-state index in [1.54, 1.807) is 12.4 Å². The van der Waals surface area contributed by atoms with E-state index in [1.165, 1.54) is 29.6 Å². The van der Waals surface area contributed by atoms with Crippen LogP contribution in [0.1, 0.15) is 17.4 Å². The predicted octanol–water partition coefficient (Wildman–Crippen LogP) is 5.12. The van der Waals surface area contributed by atoms with Gasteiger partial charge in [0.15, 0.2) is 23.2 Å². The highest BCUT2D eigenvalue weighted by Gasteiger charge is 2.51. The molecule has 0 unspecified atom stereocenters. The summed E-state index contributed by atoms with van der Waals surface area (Å²) < 4.78 is 39.9. The molecule has 0 radical (unpaired) electrons. The van der Waals surface area contributed by atoms with Gasteiger partial charge in [0.1, 0.15) is 37.2 Å². The first-order chi connectivity index (χ1) is 20.6. The third-order valence-electron chi connectivity index (χ3n) is 7.70. The van der Waals surface area contributed by atoms with Gasteiger partial charge >= 0.3 is 0 Å². The van der Waals surface area contributed by atoms with E-state index in [2.05, 4.69) is 51.4 Å². The van der Waals surface area contributed by atoms with Gasteiger partial charge in [-0.2, -0.15) is 0 Å². The van der Waals surface area contributed by atoms with Crippen molar-refractivity contribution in [3.05, 3.63) is 108 Å². The van der Waals surface area contributed by atoms with E-state index in [0.717, 1.165) is 11.1 Å². The zero-order valence-corrected chi connectivity index (χ0v) is 23.0. The van der Waals surface area contributed by atoms with Crippen LogP contribution in [0.3, 0.4) is 0 Å². The zero-order chi connectivity index (χ0) is 28.5. The molecule has 2 fully saturated rings. The number of anilines is 1. The minimum atomic E-state index is -0.488. The lowest BCUT2D eigenvalue weighted by molar-refractivity contribution is -0.117. The number of fused-ring (bicyclic) bond motifs is 2. The molecular formula is C32H30FN5O4. The fourth-order valence-corrected chi connectivity index (χ4v) is 5.65. The quantitative estimate of drug-likeness (QED) is 0.243. The number of ether oxygens (including phenoxy) is 4. The van der Waals surface area contributed by atoms with Crippen molar-refractivity contribution >= 4 is 17.0 Å². The van der Waals surface area contributed by atoms with Gasteiger partial charge < -0.3 is 23.8 Å². The SMILES string of the molecule is CN(Cc1cccc(F)c1)c1ncnc2c1ncn2[C@@H]1O[C@H](COCc2ccc(-c3ccccc3)cc2)[C@H]2OCO[C@H]21. The van der Waals surface area contributed by atoms with Gasteiger partial charge in [0.2, 0.25) is 0 Å². The van der Waals surface area contributed by atoms with Crippen molar-refractivity contribution < 1.29 is 23.3 Å². The molecule has 0 saturated carbocycles. The number of nitrogens with zero attached hydrogens (tertiary/aromatic N) is 5. The molecule has 2 saturated heterocycles. The minimum absolute atomic E-state index is 0.190. The second kappa shape index (κ2) is 11.6. The summed E-state index contributed by atoms with van der Waals surface area (Å²) in [6.45, 7) is 1.47. The van der Waals surface area contributed by atoms with Crippen molar-refractivity contribution in [2.24, 2.45) is 0 Å². The molecule has 10 heteroatoms. The standard InChI is InChI=1S/C32H30FN5O4/c1-37(15-22-6-5-9-25(33)14-22)30-27-31(35-18-34-30)38(19-36-27)32-29-28(40-20-41-29)26(42-32)17-39-16-21-10-12-24(13-11-21)23-7-3-2-4-8-23/h2-14,18-19,26,28-29,32H,15-17,20H2,1H3/t26-,28-,29-,32-/m1/s1. The molecule has 2 aliphatic heterocycles. The Morgan fingerprint density at radius 2 is 1.71 bits per heavy atom. The summed E-state index contributed by atoms with van der Waals surface area (Å²) in [6, 6.07) is 25.2. The zero-order valence-electron chi connectivity index (χ0n) is 23.0. The van der Waals surface area contributed by atoms with Gasteiger partial charge in [-0.05, 0) is 34.4 Å². The highest BCUT2D eigenvalue weighted by molar-refractivity contribution is 5.83. The molecule has 0 spiro atoms. The fraction of sp³-hybridized carbons (Fsp3) is 0.281. The molecule has 3 aromatic carbocycles. The van der Waals surface area contributed by atoms with Gasteiger partial charge in [-0.1, -0.05) is 66.7 Å². The second-order valence-corrected chi connectivity index (χ2v) is 10.5. The molecule has 214 valence electrons. The Hall–Kier alpha value is -4.22. The second-order valence-electron chi connectivity index (χ2n) is 10.5. The summed E-state index contributed by atoms with van der Waals surface area (Å²) in [5.74, 6) is 0.364. The van der Waals surface area contributed by atoms with Crippen LogP contribution in [0.2, 0.25) is 0 Å². The van der Waals surface area contributed by atoms with E-state index in [-0.39, 0.29) is 30.9 Å². The van der Waals surface area contributed by atoms with Crippen LogP contribution in [0, 0.1) is 5.82 Å². The number of hydrogen-bond acceptors (Lipinski definition) is 8. The lowest BCUT2D eigenvalue weighted by Gasteiger charge is -2.20. The van der Waals surface area contributed by atoms with Crippen LogP contribution in [-0.4, -0.2) is 58.3 Å². The average Bonchev–Trinajstić information content (AvgIpc) is 3.74. The molecule has 5 aromatic rings. The molecule has 0 bridgehead atoms. The highest BCUT2D eigenvalue weighted by Crippen LogP contribution is 2.39. The van der Waals surface area contributed by atoms with Crippen LogP contribution in [0.5, 0.6) is 0 Å². The van der Waals surface area contributed by atoms with Crippen LogP contribution in [0.25, 0.3) is 22.3 Å². The maximum absolute atomic E-state index is 13.7. The summed E-state index contributed by atoms with van der Waals surface area (Å²) in [4.78, 5) is 15.5. The van der Waals surface area contributed by atoms with Gasteiger partial charge in [0, 0.05) is 13.6 Å². The third kappa shape index (κ3) is 5.25. The van der Waals surface area contributed by atoms with Crippen LogP contribution < -0.4 is 4.90 Å². The van der Waals surface area contributed by atoms with E-state index in [0.29, 0.717) is 36.7 Å². The normalized spacial score (nSPS) is 21.6. The highest BCUT2D eigenvalue weighted by atomic mass is 19.1. The van der Waals surface area contributed by atoms with Crippen LogP contribution in [0.4, 0.5) is 10.2 Å². The summed E-state index contributed by atoms with van der Waals surface area (Å²) >= 11 is 0. The first-order valence-corrected chi connectivity index (χ1v) is 13.9. The Morgan fingerprint density at radius 3 is 2.55 bits per heavy atom. The lowest BCUT2D eigenvalue weighted by atomic mass is 10.0.